The summed E-state index contributed by atoms with van der Waals surface area (Å²) in [6.45, 7) is 0.594. The number of halogens is 2. The number of nitrogens with one attached hydrogen (secondary N) is 1. The molecule has 0 radical (unpaired) electrons. The van der Waals surface area contributed by atoms with E-state index < -0.39 is 9.33 Å². The molecule has 0 aliphatic carbocycles. The molecule has 1 rings (SSSR count). The number of azide groups is 1. The average Bonchev–Trinajstić information content (AvgIpc) is 2.34. The summed E-state index contributed by atoms with van der Waals surface area (Å²) in [6, 6.07) is 4.55. The van der Waals surface area contributed by atoms with Gasteiger partial charge in [-0.05, 0) is 43.5 Å². The van der Waals surface area contributed by atoms with E-state index in [4.69, 9.17) is 11.3 Å². The van der Waals surface area contributed by atoms with Gasteiger partial charge in [-0.2, -0.15) is 0 Å². The molecule has 9 heteroatoms. The summed E-state index contributed by atoms with van der Waals surface area (Å²) >= 11 is 5.96. The van der Waals surface area contributed by atoms with Crippen molar-refractivity contribution < 1.29 is 9.90 Å². The van der Waals surface area contributed by atoms with Gasteiger partial charge in [-0.25, -0.2) is 0 Å². The van der Waals surface area contributed by atoms with Crippen molar-refractivity contribution in [2.45, 2.75) is 3.42 Å². The van der Waals surface area contributed by atoms with Gasteiger partial charge in [0.05, 0.1) is 0 Å². The Morgan fingerprint density at radius 2 is 2.26 bits per heavy atom. The van der Waals surface area contributed by atoms with E-state index in [1.165, 1.54) is 12.1 Å². The molecule has 102 valence electrons. The van der Waals surface area contributed by atoms with Gasteiger partial charge < -0.3 is 16.2 Å². The van der Waals surface area contributed by atoms with Crippen molar-refractivity contribution in [3.8, 4) is 0 Å². The van der Waals surface area contributed by atoms with Crippen molar-refractivity contribution in [1.82, 2.24) is 5.32 Å². The van der Waals surface area contributed by atoms with E-state index in [0.29, 0.717) is 13.1 Å². The lowest BCUT2D eigenvalue weighted by atomic mass is 10.1. The minimum atomic E-state index is -1.68. The lowest BCUT2D eigenvalue weighted by molar-refractivity contribution is 0.0950. The first-order valence-corrected chi connectivity index (χ1v) is 6.77. The third-order valence-corrected chi connectivity index (χ3v) is 2.96. The number of alkyl halides is 2. The number of amides is 1. The summed E-state index contributed by atoms with van der Waals surface area (Å²) in [5.41, 5.74) is 14.3. The molecular weight excluding hydrogens is 382 g/mol. The Bertz CT molecular complexity index is 523. The first-order chi connectivity index (χ1) is 8.91. The van der Waals surface area contributed by atoms with E-state index in [9.17, 15) is 9.90 Å². The van der Waals surface area contributed by atoms with Crippen LogP contribution in [0.15, 0.2) is 23.3 Å². The third kappa shape index (κ3) is 4.19. The number of carbonyl (C=O) groups is 1. The highest BCUT2D eigenvalue weighted by molar-refractivity contribution is 9.24. The average molecular weight is 393 g/mol. The van der Waals surface area contributed by atoms with Gasteiger partial charge in [-0.3, -0.25) is 4.79 Å². The van der Waals surface area contributed by atoms with Gasteiger partial charge in [0.2, 0.25) is 3.42 Å². The Hall–Kier alpha value is -1.12. The molecule has 1 aromatic rings. The molecule has 7 nitrogen and oxygen atoms in total. The molecule has 1 aromatic carbocycles. The number of nitrogens with two attached hydrogens (primary N) is 1. The SMILES string of the molecule is [N-]=[N+]=Nc1cccc(C(=O)NCCN)c1C(O)(Br)Br. The van der Waals surface area contributed by atoms with Gasteiger partial charge in [0.25, 0.3) is 5.91 Å². The summed E-state index contributed by atoms with van der Waals surface area (Å²) in [5, 5.41) is 16.0. The van der Waals surface area contributed by atoms with Crippen LogP contribution in [0.5, 0.6) is 0 Å². The van der Waals surface area contributed by atoms with Crippen LogP contribution in [-0.4, -0.2) is 24.1 Å². The van der Waals surface area contributed by atoms with Crippen LogP contribution in [0.1, 0.15) is 15.9 Å². The normalized spacial score (nSPS) is 10.7. The molecule has 0 unspecified atom stereocenters. The van der Waals surface area contributed by atoms with Gasteiger partial charge in [0, 0.05) is 34.8 Å². The largest absolute Gasteiger partial charge is 0.366 e. The Kier molecular flexibility index (Phi) is 5.77. The van der Waals surface area contributed by atoms with E-state index in [-0.39, 0.29) is 16.8 Å². The minimum absolute atomic E-state index is 0.127. The number of hydrogen-bond donors (Lipinski definition) is 3. The molecule has 0 atom stereocenters. The molecule has 0 bridgehead atoms. The van der Waals surface area contributed by atoms with Gasteiger partial charge in [0.1, 0.15) is 0 Å². The monoisotopic (exact) mass is 391 g/mol. The van der Waals surface area contributed by atoms with Gasteiger partial charge >= 0.3 is 0 Å². The highest BCUT2D eigenvalue weighted by atomic mass is 79.9. The molecule has 0 spiro atoms. The van der Waals surface area contributed by atoms with Crippen molar-refractivity contribution in [2.24, 2.45) is 10.8 Å². The molecular formula is C10H11Br2N5O2. The Morgan fingerprint density at radius 3 is 2.79 bits per heavy atom. The molecule has 0 aliphatic rings. The predicted molar refractivity (Wildman–Crippen MR) is 78.4 cm³/mol. The molecule has 0 heterocycles. The highest BCUT2D eigenvalue weighted by Crippen LogP contribution is 2.42. The second-order valence-electron chi connectivity index (χ2n) is 3.47. The summed E-state index contributed by atoms with van der Waals surface area (Å²) in [5.74, 6) is -0.423. The molecule has 0 aromatic heterocycles. The quantitative estimate of drug-likeness (QED) is 0.308. The van der Waals surface area contributed by atoms with Crippen LogP contribution >= 0.6 is 31.9 Å². The fourth-order valence-electron chi connectivity index (χ4n) is 1.46. The second-order valence-corrected chi connectivity index (χ2v) is 6.83. The van der Waals surface area contributed by atoms with E-state index >= 15 is 0 Å². The maximum atomic E-state index is 12.0. The van der Waals surface area contributed by atoms with Crippen LogP contribution in [0.3, 0.4) is 0 Å². The van der Waals surface area contributed by atoms with Gasteiger partial charge in [0.15, 0.2) is 0 Å². The molecule has 19 heavy (non-hydrogen) atoms. The van der Waals surface area contributed by atoms with Crippen molar-refractivity contribution in [3.05, 3.63) is 39.8 Å². The van der Waals surface area contributed by atoms with Crippen LogP contribution in [0.25, 0.3) is 10.4 Å². The molecule has 0 aliphatic heterocycles. The maximum absolute atomic E-state index is 12.0. The summed E-state index contributed by atoms with van der Waals surface area (Å²) in [7, 11) is 0. The third-order valence-electron chi connectivity index (χ3n) is 2.17. The predicted octanol–water partition coefficient (Wildman–Crippen LogP) is 2.21. The Labute approximate surface area is 126 Å². The molecule has 0 saturated heterocycles. The van der Waals surface area contributed by atoms with Crippen molar-refractivity contribution in [2.75, 3.05) is 13.1 Å². The van der Waals surface area contributed by atoms with Crippen molar-refractivity contribution in [3.63, 3.8) is 0 Å². The maximum Gasteiger partial charge on any atom is 0.251 e. The van der Waals surface area contributed by atoms with Gasteiger partial charge in [-0.15, -0.1) is 0 Å². The zero-order valence-electron chi connectivity index (χ0n) is 9.68. The first-order valence-electron chi connectivity index (χ1n) is 5.19. The number of hydrogen-bond acceptors (Lipinski definition) is 4. The zero-order valence-corrected chi connectivity index (χ0v) is 12.8. The van der Waals surface area contributed by atoms with E-state index in [1.807, 2.05) is 0 Å². The van der Waals surface area contributed by atoms with Crippen LogP contribution in [-0.2, 0) is 3.42 Å². The second kappa shape index (κ2) is 6.88. The molecule has 1 amide bonds. The number of benzene rings is 1. The first kappa shape index (κ1) is 15.9. The smallest absolute Gasteiger partial charge is 0.251 e. The Morgan fingerprint density at radius 1 is 1.58 bits per heavy atom. The highest BCUT2D eigenvalue weighted by Gasteiger charge is 2.29. The van der Waals surface area contributed by atoms with Crippen molar-refractivity contribution in [1.29, 1.82) is 0 Å². The molecule has 0 fully saturated rings. The number of carbonyl (C=O) groups excluding carboxylic acids is 1. The topological polar surface area (TPSA) is 124 Å². The number of nitrogens with zero attached hydrogens (tertiary/aromatic N) is 3. The summed E-state index contributed by atoms with van der Waals surface area (Å²) in [4.78, 5) is 14.6. The summed E-state index contributed by atoms with van der Waals surface area (Å²) < 4.78 is -1.68. The number of rotatable bonds is 5. The number of aliphatic hydroxyl groups is 1. The molecule has 0 saturated carbocycles. The lowest BCUT2D eigenvalue weighted by Crippen LogP contribution is -2.30. The fraction of sp³-hybridized carbons (Fsp3) is 0.300. The van der Waals surface area contributed by atoms with Crippen LogP contribution in [0.4, 0.5) is 5.69 Å². The van der Waals surface area contributed by atoms with Crippen LogP contribution in [0, 0.1) is 0 Å². The standard InChI is InChI=1S/C10H11Br2N5O2/c11-10(12,19)8-6(9(18)15-5-4-13)2-1-3-7(8)16-17-14/h1-3,19H,4-5,13H2,(H,15,18). The van der Waals surface area contributed by atoms with E-state index in [0.717, 1.165) is 0 Å². The van der Waals surface area contributed by atoms with Crippen molar-refractivity contribution >= 4 is 43.5 Å². The fourth-order valence-corrected chi connectivity index (χ4v) is 2.29. The zero-order chi connectivity index (χ0) is 14.5. The van der Waals surface area contributed by atoms with E-state index in [1.54, 1.807) is 6.07 Å². The van der Waals surface area contributed by atoms with Gasteiger partial charge in [-0.1, -0.05) is 17.2 Å². The molecule has 4 N–H and O–H groups in total. The van der Waals surface area contributed by atoms with Crippen LogP contribution in [0.2, 0.25) is 0 Å². The van der Waals surface area contributed by atoms with E-state index in [2.05, 4.69) is 47.2 Å². The minimum Gasteiger partial charge on any atom is -0.366 e. The lowest BCUT2D eigenvalue weighted by Gasteiger charge is -2.19. The van der Waals surface area contributed by atoms with Crippen LogP contribution < -0.4 is 11.1 Å². The Balaban J connectivity index is 3.35. The summed E-state index contributed by atoms with van der Waals surface area (Å²) in [6.07, 6.45) is 0.